The van der Waals surface area contributed by atoms with Gasteiger partial charge in [0.25, 0.3) is 0 Å². The first-order chi connectivity index (χ1) is 13.4. The van der Waals surface area contributed by atoms with E-state index in [1.807, 2.05) is 12.1 Å². The number of hydrogen-bond acceptors (Lipinski definition) is 5. The molecular weight excluding hydrogens is 382 g/mol. The third-order valence-electron chi connectivity index (χ3n) is 4.59. The Hall–Kier alpha value is -2.22. The molecule has 3 rings (SSSR count). The maximum Gasteiger partial charge on any atom is 0.353 e. The molecule has 150 valence electrons. The molecule has 0 spiro atoms. The highest BCUT2D eigenvalue weighted by Gasteiger charge is 2.16. The zero-order chi connectivity index (χ0) is 20.1. The Morgan fingerprint density at radius 2 is 2.04 bits per heavy atom. The normalized spacial score (nSPS) is 16.9. The number of aryl methyl sites for hydroxylation is 1. The van der Waals surface area contributed by atoms with Gasteiger partial charge in [-0.15, -0.1) is 0 Å². The second kappa shape index (κ2) is 9.32. The molecule has 1 aliphatic heterocycles. The van der Waals surface area contributed by atoms with E-state index in [1.54, 1.807) is 19.1 Å². The minimum atomic E-state index is -0.593. The largest absolute Gasteiger partial charge is 0.353 e. The van der Waals surface area contributed by atoms with Crippen LogP contribution in [0.3, 0.4) is 0 Å². The second-order valence-corrected chi connectivity index (χ2v) is 7.32. The number of aromatic nitrogens is 3. The van der Waals surface area contributed by atoms with Crippen LogP contribution < -0.4 is 11.4 Å². The van der Waals surface area contributed by atoms with Crippen LogP contribution in [0.25, 0.3) is 0 Å². The predicted molar refractivity (Wildman–Crippen MR) is 107 cm³/mol. The second-order valence-electron chi connectivity index (χ2n) is 6.88. The Kier molecular flexibility index (Phi) is 6.83. The third-order valence-corrected chi connectivity index (χ3v) is 4.84. The zero-order valence-corrected chi connectivity index (χ0v) is 16.7. The first kappa shape index (κ1) is 20.5. The van der Waals surface area contributed by atoms with Crippen molar-refractivity contribution in [2.45, 2.75) is 45.6 Å². The zero-order valence-electron chi connectivity index (χ0n) is 15.9. The minimum absolute atomic E-state index is 0.0539. The van der Waals surface area contributed by atoms with Gasteiger partial charge < -0.3 is 9.47 Å². The Bertz CT molecular complexity index is 943. The lowest BCUT2D eigenvalue weighted by atomic mass is 10.2. The quantitative estimate of drug-likeness (QED) is 0.661. The van der Waals surface area contributed by atoms with Crippen LogP contribution in [0.4, 0.5) is 0 Å². The van der Waals surface area contributed by atoms with Crippen molar-refractivity contribution in [1.29, 1.82) is 0 Å². The summed E-state index contributed by atoms with van der Waals surface area (Å²) in [4.78, 5) is 29.1. The maximum absolute atomic E-state index is 12.9. The van der Waals surface area contributed by atoms with Crippen molar-refractivity contribution in [1.82, 2.24) is 14.1 Å². The predicted octanol–water partition coefficient (Wildman–Crippen LogP) is 2.51. The summed E-state index contributed by atoms with van der Waals surface area (Å²) in [5.74, 6) is 0.360. The van der Waals surface area contributed by atoms with Crippen LogP contribution in [0.15, 0.2) is 46.0 Å². The fourth-order valence-corrected chi connectivity index (χ4v) is 3.16. The molecule has 1 unspecified atom stereocenters. The van der Waals surface area contributed by atoms with Crippen LogP contribution in [0.5, 0.6) is 0 Å². The van der Waals surface area contributed by atoms with Crippen molar-refractivity contribution < 1.29 is 9.47 Å². The van der Waals surface area contributed by atoms with Crippen LogP contribution >= 0.6 is 11.6 Å². The van der Waals surface area contributed by atoms with E-state index in [0.29, 0.717) is 29.6 Å². The molecule has 0 aliphatic carbocycles. The highest BCUT2D eigenvalue weighted by atomic mass is 35.5. The summed E-state index contributed by atoms with van der Waals surface area (Å²) < 4.78 is 13.7. The molecule has 28 heavy (non-hydrogen) atoms. The molecule has 1 aromatic heterocycles. The molecule has 1 saturated heterocycles. The molecule has 0 N–H and O–H groups in total. The van der Waals surface area contributed by atoms with Gasteiger partial charge in [-0.25, -0.2) is 14.2 Å². The van der Waals surface area contributed by atoms with E-state index in [9.17, 15) is 9.59 Å². The highest BCUT2D eigenvalue weighted by molar-refractivity contribution is 6.30. The smallest absolute Gasteiger partial charge is 0.353 e. The minimum Gasteiger partial charge on any atom is -0.353 e. The van der Waals surface area contributed by atoms with Crippen molar-refractivity contribution in [3.05, 3.63) is 73.8 Å². The highest BCUT2D eigenvalue weighted by Crippen LogP contribution is 2.14. The Morgan fingerprint density at radius 3 is 2.71 bits per heavy atom. The van der Waals surface area contributed by atoms with Gasteiger partial charge in [-0.05, 0) is 49.5 Å². The van der Waals surface area contributed by atoms with E-state index < -0.39 is 11.4 Å². The van der Waals surface area contributed by atoms with Gasteiger partial charge in [-0.3, -0.25) is 4.57 Å². The van der Waals surface area contributed by atoms with Crippen LogP contribution in [-0.2, 0) is 22.6 Å². The van der Waals surface area contributed by atoms with Gasteiger partial charge >= 0.3 is 11.4 Å². The standard InChI is InChI=1S/C20H24ClN3O4/c1-14(13-28-18-5-3-4-10-27-18)11-24-19(25)22-15(2)23(20(24)26)12-16-6-8-17(21)9-7-16/h6-9,18H,1,3-5,10-13H2,2H3. The molecule has 0 amide bonds. The number of ether oxygens (including phenoxy) is 2. The van der Waals surface area contributed by atoms with Crippen LogP contribution in [-0.4, -0.2) is 33.6 Å². The molecule has 1 aromatic carbocycles. The third kappa shape index (κ3) is 5.19. The lowest BCUT2D eigenvalue weighted by Crippen LogP contribution is -2.43. The summed E-state index contributed by atoms with van der Waals surface area (Å²) in [5.41, 5.74) is 0.475. The molecule has 1 fully saturated rings. The lowest BCUT2D eigenvalue weighted by molar-refractivity contribution is -0.157. The van der Waals surface area contributed by atoms with Crippen molar-refractivity contribution in [3.8, 4) is 0 Å². The average molecular weight is 406 g/mol. The number of benzene rings is 1. The molecule has 7 nitrogen and oxygen atoms in total. The van der Waals surface area contributed by atoms with Crippen LogP contribution in [0.2, 0.25) is 5.02 Å². The molecule has 1 atom stereocenters. The summed E-state index contributed by atoms with van der Waals surface area (Å²) >= 11 is 5.91. The van der Waals surface area contributed by atoms with E-state index in [1.165, 1.54) is 4.57 Å². The Labute approximate surface area is 168 Å². The van der Waals surface area contributed by atoms with E-state index in [2.05, 4.69) is 11.6 Å². The first-order valence-corrected chi connectivity index (χ1v) is 9.64. The maximum atomic E-state index is 12.9. The van der Waals surface area contributed by atoms with Crippen molar-refractivity contribution in [2.75, 3.05) is 13.2 Å². The molecule has 8 heteroatoms. The van der Waals surface area contributed by atoms with E-state index in [0.717, 1.165) is 29.4 Å². The lowest BCUT2D eigenvalue weighted by Gasteiger charge is -2.23. The number of halogens is 1. The van der Waals surface area contributed by atoms with E-state index in [-0.39, 0.29) is 19.4 Å². The first-order valence-electron chi connectivity index (χ1n) is 9.26. The molecule has 1 aliphatic rings. The van der Waals surface area contributed by atoms with Gasteiger partial charge in [0.2, 0.25) is 0 Å². The Morgan fingerprint density at radius 1 is 1.29 bits per heavy atom. The fraction of sp³-hybridized carbons (Fsp3) is 0.450. The molecular formula is C20H24ClN3O4. The number of hydrogen-bond donors (Lipinski definition) is 0. The van der Waals surface area contributed by atoms with Gasteiger partial charge in [0.15, 0.2) is 6.29 Å². The van der Waals surface area contributed by atoms with Gasteiger partial charge in [-0.2, -0.15) is 4.98 Å². The summed E-state index contributed by atoms with van der Waals surface area (Å²) in [7, 11) is 0. The van der Waals surface area contributed by atoms with Crippen LogP contribution in [0.1, 0.15) is 30.7 Å². The molecule has 2 heterocycles. The monoisotopic (exact) mass is 405 g/mol. The fourth-order valence-electron chi connectivity index (χ4n) is 3.04. The molecule has 2 aromatic rings. The average Bonchev–Trinajstić information content (AvgIpc) is 2.69. The molecule has 0 saturated carbocycles. The van der Waals surface area contributed by atoms with E-state index >= 15 is 0 Å². The Balaban J connectivity index is 1.73. The van der Waals surface area contributed by atoms with Crippen molar-refractivity contribution in [3.63, 3.8) is 0 Å². The van der Waals surface area contributed by atoms with Gasteiger partial charge in [-0.1, -0.05) is 30.3 Å². The summed E-state index contributed by atoms with van der Waals surface area (Å²) in [6.45, 7) is 6.84. The van der Waals surface area contributed by atoms with Gasteiger partial charge in [0.05, 0.1) is 19.7 Å². The molecule has 0 bridgehead atoms. The molecule has 0 radical (unpaired) electrons. The van der Waals surface area contributed by atoms with Gasteiger partial charge in [0.1, 0.15) is 5.82 Å². The number of nitrogens with zero attached hydrogens (tertiary/aromatic N) is 3. The summed E-state index contributed by atoms with van der Waals surface area (Å²) in [5, 5.41) is 0.620. The summed E-state index contributed by atoms with van der Waals surface area (Å²) in [6.07, 6.45) is 2.69. The van der Waals surface area contributed by atoms with Crippen molar-refractivity contribution in [2.24, 2.45) is 0 Å². The topological polar surface area (TPSA) is 75.3 Å². The SMILES string of the molecule is C=C(COC1CCCCO1)Cn1c(=O)nc(C)n(Cc2ccc(Cl)cc2)c1=O. The number of rotatable bonds is 7. The van der Waals surface area contributed by atoms with Gasteiger partial charge in [0, 0.05) is 11.6 Å². The van der Waals surface area contributed by atoms with E-state index in [4.69, 9.17) is 21.1 Å². The summed E-state index contributed by atoms with van der Waals surface area (Å²) in [6, 6.07) is 7.18. The van der Waals surface area contributed by atoms with Crippen molar-refractivity contribution >= 4 is 11.6 Å². The van der Waals surface area contributed by atoms with Crippen LogP contribution in [0, 0.1) is 6.92 Å².